The second-order valence-electron chi connectivity index (χ2n) is 0. The molecule has 0 unspecified atom stereocenters. The van der Waals surface area contributed by atoms with E-state index in [4.69, 9.17) is 0 Å². The Kier molecular flexibility index (Phi) is 129. The Hall–Kier alpha value is 2.70. The first kappa shape index (κ1) is 29.9. The number of hydrogen-bond acceptors (Lipinski definition) is 0. The van der Waals surface area contributed by atoms with Gasteiger partial charge < -0.3 is 5.48 Å². The van der Waals surface area contributed by atoms with Crippen molar-refractivity contribution in [3.8, 4) is 0 Å². The molecule has 0 amide bonds. The van der Waals surface area contributed by atoms with Crippen molar-refractivity contribution in [1.82, 2.24) is 0 Å². The van der Waals surface area contributed by atoms with Gasteiger partial charge >= 0.3 is 45.5 Å². The second kappa shape index (κ2) is 17.3. The first-order valence-electron chi connectivity index (χ1n) is 0. The Morgan fingerprint density at radius 2 is 1.00 bits per heavy atom. The molecule has 2 radical (unpaired) electrons. The molecular formula is H4MnNbOSr. The average Bonchev–Trinajstić information content (AvgIpc) is 0. The maximum absolute atomic E-state index is 0. The van der Waals surface area contributed by atoms with Crippen molar-refractivity contribution < 1.29 is 44.9 Å². The molecule has 0 fully saturated rings. The van der Waals surface area contributed by atoms with Gasteiger partial charge in [-0.3, -0.25) is 0 Å². The SMILES string of the molecule is O.[Mn].[Nb].[SrH2]. The topological polar surface area (TPSA) is 31.5 Å². The van der Waals surface area contributed by atoms with Crippen molar-refractivity contribution in [2.24, 2.45) is 0 Å². The quantitative estimate of drug-likeness (QED) is 0.460. The summed E-state index contributed by atoms with van der Waals surface area (Å²) in [4.78, 5) is 0. The summed E-state index contributed by atoms with van der Waals surface area (Å²) in [6.07, 6.45) is 0. The Morgan fingerprint density at radius 3 is 1.00 bits per heavy atom. The van der Waals surface area contributed by atoms with Crippen molar-refractivity contribution in [3.05, 3.63) is 0 Å². The van der Waals surface area contributed by atoms with Gasteiger partial charge in [0.15, 0.2) is 0 Å². The Balaban J connectivity index is 0. The van der Waals surface area contributed by atoms with Crippen molar-refractivity contribution in [2.75, 3.05) is 0 Å². The van der Waals surface area contributed by atoms with Gasteiger partial charge in [-0.1, -0.05) is 0 Å². The normalized spacial score (nSPS) is 0. The van der Waals surface area contributed by atoms with E-state index in [0.29, 0.717) is 0 Å². The van der Waals surface area contributed by atoms with E-state index < -0.39 is 0 Å². The third kappa shape index (κ3) is 8.83. The summed E-state index contributed by atoms with van der Waals surface area (Å²) in [7, 11) is 0. The summed E-state index contributed by atoms with van der Waals surface area (Å²) in [6, 6.07) is 0. The fourth-order valence-corrected chi connectivity index (χ4v) is 0. The minimum atomic E-state index is 0. The van der Waals surface area contributed by atoms with E-state index in [2.05, 4.69) is 0 Å². The standard InChI is InChI=1S/Mn.Nb.H2O.Sr.2H/h;;1H2;;;. The molecule has 0 aromatic carbocycles. The fraction of sp³-hybridized carbons (Fsp3) is 0. The molecule has 2 N–H and O–H groups in total. The molecule has 4 heavy (non-hydrogen) atoms. The van der Waals surface area contributed by atoms with Crippen LogP contribution in [0.2, 0.25) is 0 Å². The van der Waals surface area contributed by atoms with E-state index in [1.165, 1.54) is 0 Å². The molecular weight excluding hydrogens is 251 g/mol. The molecule has 0 rings (SSSR count). The predicted octanol–water partition coefficient (Wildman–Crippen LogP) is -1.75. The van der Waals surface area contributed by atoms with Gasteiger partial charge in [0, 0.05) is 39.4 Å². The Morgan fingerprint density at radius 1 is 1.00 bits per heavy atom. The minimum absolute atomic E-state index is 0. The average molecular weight is 255 g/mol. The zero-order chi connectivity index (χ0) is 0. The second-order valence-corrected chi connectivity index (χ2v) is 0. The molecule has 4 heteroatoms. The molecule has 0 aliphatic rings. The zero-order valence-corrected chi connectivity index (χ0v) is 4.70. The van der Waals surface area contributed by atoms with Crippen LogP contribution in [0.4, 0.5) is 0 Å². The third-order valence-corrected chi connectivity index (χ3v) is 0. The molecule has 0 heterocycles. The monoisotopic (exact) mass is 256 g/mol. The molecule has 0 aliphatic carbocycles. The van der Waals surface area contributed by atoms with Crippen LogP contribution in [0.1, 0.15) is 0 Å². The zero-order valence-electron chi connectivity index (χ0n) is 1.33. The molecule has 0 spiro atoms. The number of rotatable bonds is 0. The summed E-state index contributed by atoms with van der Waals surface area (Å²) in [6.45, 7) is 0. The van der Waals surface area contributed by atoms with Crippen LogP contribution < -0.4 is 0 Å². The van der Waals surface area contributed by atoms with Crippen molar-refractivity contribution in [3.63, 3.8) is 0 Å². The Labute approximate surface area is 88.5 Å². The summed E-state index contributed by atoms with van der Waals surface area (Å²) >= 11 is 0. The van der Waals surface area contributed by atoms with Gasteiger partial charge in [0.25, 0.3) is 0 Å². The van der Waals surface area contributed by atoms with Crippen molar-refractivity contribution in [2.45, 2.75) is 0 Å². The van der Waals surface area contributed by atoms with Gasteiger partial charge in [0.05, 0.1) is 0 Å². The molecule has 0 aromatic rings. The van der Waals surface area contributed by atoms with E-state index in [0.717, 1.165) is 0 Å². The van der Waals surface area contributed by atoms with Crippen molar-refractivity contribution in [1.29, 1.82) is 0 Å². The first-order chi connectivity index (χ1) is 0. The van der Waals surface area contributed by atoms with E-state index in [9.17, 15) is 0 Å². The Bertz CT molecular complexity index is 8.00. The number of hydrogen-bond donors (Lipinski definition) is 0. The van der Waals surface area contributed by atoms with Crippen LogP contribution in [0.5, 0.6) is 0 Å². The summed E-state index contributed by atoms with van der Waals surface area (Å²) in [5, 5.41) is 0. The molecule has 0 saturated heterocycles. The van der Waals surface area contributed by atoms with Gasteiger partial charge in [-0.05, 0) is 0 Å². The van der Waals surface area contributed by atoms with Gasteiger partial charge in [-0.25, -0.2) is 0 Å². The fourth-order valence-electron chi connectivity index (χ4n) is 0. The van der Waals surface area contributed by atoms with Crippen LogP contribution in [0.15, 0.2) is 0 Å². The van der Waals surface area contributed by atoms with E-state index in [-0.39, 0.29) is 90.4 Å². The van der Waals surface area contributed by atoms with Crippen LogP contribution >= 0.6 is 0 Å². The summed E-state index contributed by atoms with van der Waals surface area (Å²) in [5.41, 5.74) is 0. The van der Waals surface area contributed by atoms with Gasteiger partial charge in [-0.15, -0.1) is 0 Å². The van der Waals surface area contributed by atoms with Gasteiger partial charge in [0.2, 0.25) is 0 Å². The van der Waals surface area contributed by atoms with Crippen LogP contribution in [0, 0.1) is 0 Å². The molecule has 1 nitrogen and oxygen atoms in total. The first-order valence-corrected chi connectivity index (χ1v) is 0. The molecule has 24 valence electrons. The van der Waals surface area contributed by atoms with Gasteiger partial charge in [0.1, 0.15) is 0 Å². The molecule has 0 aliphatic heterocycles. The molecule has 0 saturated carbocycles. The van der Waals surface area contributed by atoms with Crippen molar-refractivity contribution >= 4 is 45.5 Å². The molecule has 0 bridgehead atoms. The van der Waals surface area contributed by atoms with Crippen LogP contribution in [-0.4, -0.2) is 51.0 Å². The maximum atomic E-state index is 0. The van der Waals surface area contributed by atoms with E-state index in [1.807, 2.05) is 0 Å². The summed E-state index contributed by atoms with van der Waals surface area (Å²) < 4.78 is 0. The predicted molar refractivity (Wildman–Crippen MR) is 12.2 cm³/mol. The molecule has 0 atom stereocenters. The molecule has 0 aromatic heterocycles. The van der Waals surface area contributed by atoms with Crippen LogP contribution in [0.25, 0.3) is 0 Å². The summed E-state index contributed by atoms with van der Waals surface area (Å²) in [5.74, 6) is 0. The van der Waals surface area contributed by atoms with Crippen LogP contribution in [-0.2, 0) is 39.4 Å². The van der Waals surface area contributed by atoms with Gasteiger partial charge in [-0.2, -0.15) is 0 Å². The van der Waals surface area contributed by atoms with E-state index in [1.54, 1.807) is 0 Å². The van der Waals surface area contributed by atoms with E-state index >= 15 is 0 Å². The third-order valence-electron chi connectivity index (χ3n) is 0. The van der Waals surface area contributed by atoms with Crippen LogP contribution in [0.3, 0.4) is 0 Å².